The number of nitrogens with zero attached hydrogens (tertiary/aromatic N) is 5. The Morgan fingerprint density at radius 1 is 1.14 bits per heavy atom. The van der Waals surface area contributed by atoms with Crippen molar-refractivity contribution in [2.24, 2.45) is 0 Å². The summed E-state index contributed by atoms with van der Waals surface area (Å²) in [6, 6.07) is 1.69. The van der Waals surface area contributed by atoms with E-state index in [1.54, 1.807) is 18.5 Å². The Kier molecular flexibility index (Phi) is 4.55. The molecule has 0 bridgehead atoms. The highest BCUT2D eigenvalue weighted by atomic mass is 19.4. The van der Waals surface area contributed by atoms with Gasteiger partial charge in [0.1, 0.15) is 0 Å². The molecule has 0 aromatic carbocycles. The highest BCUT2D eigenvalue weighted by Crippen LogP contribution is 2.19. The van der Waals surface area contributed by atoms with Gasteiger partial charge in [0, 0.05) is 25.5 Å². The van der Waals surface area contributed by atoms with Gasteiger partial charge in [0.2, 0.25) is 11.9 Å². The molecule has 7 nitrogen and oxygen atoms in total. The second kappa shape index (κ2) is 6.37. The van der Waals surface area contributed by atoms with E-state index >= 15 is 0 Å². The zero-order chi connectivity index (χ0) is 15.3. The maximum Gasteiger partial charge on any atom is 0.390 e. The van der Waals surface area contributed by atoms with Crippen LogP contribution in [0.25, 0.3) is 5.95 Å². The fraction of sp³-hybridized carbons (Fsp3) is 0.455. The predicted molar refractivity (Wildman–Crippen MR) is 70.3 cm³/mol. The van der Waals surface area contributed by atoms with Crippen LogP contribution in [0.1, 0.15) is 13.3 Å². The molecule has 0 saturated heterocycles. The van der Waals surface area contributed by atoms with Gasteiger partial charge >= 0.3 is 6.18 Å². The van der Waals surface area contributed by atoms with Gasteiger partial charge in [-0.25, -0.2) is 4.68 Å². The van der Waals surface area contributed by atoms with Gasteiger partial charge in [0.05, 0.1) is 6.42 Å². The molecule has 0 aliphatic heterocycles. The second-order valence-electron chi connectivity index (χ2n) is 4.06. The molecule has 2 rings (SSSR count). The Balaban J connectivity index is 2.16. The highest BCUT2D eigenvalue weighted by molar-refractivity contribution is 5.37. The topological polar surface area (TPSA) is 80.5 Å². The van der Waals surface area contributed by atoms with Crippen molar-refractivity contribution >= 4 is 11.9 Å². The first-order valence-electron chi connectivity index (χ1n) is 6.28. The van der Waals surface area contributed by atoms with E-state index in [2.05, 4.69) is 30.7 Å². The third-order valence-corrected chi connectivity index (χ3v) is 2.36. The lowest BCUT2D eigenvalue weighted by atomic mass is 10.4. The van der Waals surface area contributed by atoms with Crippen molar-refractivity contribution in [1.29, 1.82) is 0 Å². The van der Waals surface area contributed by atoms with Crippen molar-refractivity contribution < 1.29 is 13.2 Å². The SMILES string of the molecule is CCNc1nc(NCCC(F)(F)F)nc(-n2cccn2)n1. The van der Waals surface area contributed by atoms with E-state index in [1.165, 1.54) is 4.68 Å². The normalized spacial score (nSPS) is 11.4. The summed E-state index contributed by atoms with van der Waals surface area (Å²) in [5, 5.41) is 9.41. The molecule has 0 amide bonds. The molecule has 2 heterocycles. The first-order chi connectivity index (χ1) is 9.98. The summed E-state index contributed by atoms with van der Waals surface area (Å²) >= 11 is 0. The monoisotopic (exact) mass is 301 g/mol. The quantitative estimate of drug-likeness (QED) is 0.847. The van der Waals surface area contributed by atoms with Crippen LogP contribution >= 0.6 is 0 Å². The predicted octanol–water partition coefficient (Wildman–Crippen LogP) is 1.85. The van der Waals surface area contributed by atoms with Crippen LogP contribution < -0.4 is 10.6 Å². The van der Waals surface area contributed by atoms with E-state index in [9.17, 15) is 13.2 Å². The lowest BCUT2D eigenvalue weighted by molar-refractivity contribution is -0.131. The molecule has 0 atom stereocenters. The molecule has 0 unspecified atom stereocenters. The summed E-state index contributed by atoms with van der Waals surface area (Å²) in [5.74, 6) is 0.559. The Bertz CT molecular complexity index is 568. The Hall–Kier alpha value is -2.39. The molecule has 2 N–H and O–H groups in total. The average molecular weight is 301 g/mol. The van der Waals surface area contributed by atoms with Crippen molar-refractivity contribution in [2.75, 3.05) is 23.7 Å². The van der Waals surface area contributed by atoms with Gasteiger partial charge in [0.25, 0.3) is 5.95 Å². The molecule has 0 aliphatic rings. The molecular formula is C11H14F3N7. The third-order valence-electron chi connectivity index (χ3n) is 2.36. The first kappa shape index (κ1) is 15.0. The molecule has 0 saturated carbocycles. The molecule has 0 aliphatic carbocycles. The second-order valence-corrected chi connectivity index (χ2v) is 4.06. The highest BCUT2D eigenvalue weighted by Gasteiger charge is 2.26. The number of alkyl halides is 3. The van der Waals surface area contributed by atoms with Gasteiger partial charge in [-0.15, -0.1) is 0 Å². The number of nitrogens with one attached hydrogen (secondary N) is 2. The molecule has 2 aromatic heterocycles. The summed E-state index contributed by atoms with van der Waals surface area (Å²) in [7, 11) is 0. The van der Waals surface area contributed by atoms with Crippen LogP contribution in [0.2, 0.25) is 0 Å². The van der Waals surface area contributed by atoms with E-state index in [-0.39, 0.29) is 24.4 Å². The Labute approximate surface area is 118 Å². The molecule has 0 fully saturated rings. The van der Waals surface area contributed by atoms with Crippen LogP contribution in [0, 0.1) is 0 Å². The van der Waals surface area contributed by atoms with E-state index in [4.69, 9.17) is 0 Å². The smallest absolute Gasteiger partial charge is 0.354 e. The first-order valence-corrected chi connectivity index (χ1v) is 6.28. The summed E-state index contributed by atoms with van der Waals surface area (Å²) in [5.41, 5.74) is 0. The van der Waals surface area contributed by atoms with Crippen LogP contribution in [-0.4, -0.2) is 44.0 Å². The van der Waals surface area contributed by atoms with Crippen LogP contribution in [0.15, 0.2) is 18.5 Å². The number of hydrogen-bond acceptors (Lipinski definition) is 6. The molecular weight excluding hydrogens is 287 g/mol. The van der Waals surface area contributed by atoms with Crippen molar-refractivity contribution in [1.82, 2.24) is 24.7 Å². The van der Waals surface area contributed by atoms with Gasteiger partial charge in [-0.3, -0.25) is 0 Å². The average Bonchev–Trinajstić information content (AvgIpc) is 2.91. The number of anilines is 2. The number of hydrogen-bond donors (Lipinski definition) is 2. The molecule has 0 spiro atoms. The largest absolute Gasteiger partial charge is 0.390 e. The summed E-state index contributed by atoms with van der Waals surface area (Å²) in [6.07, 6.45) is -2.01. The zero-order valence-corrected chi connectivity index (χ0v) is 11.2. The van der Waals surface area contributed by atoms with Crippen molar-refractivity contribution in [3.8, 4) is 5.95 Å². The van der Waals surface area contributed by atoms with E-state index in [1.807, 2.05) is 6.92 Å². The van der Waals surface area contributed by atoms with Crippen molar-refractivity contribution in [2.45, 2.75) is 19.5 Å². The van der Waals surface area contributed by atoms with Gasteiger partial charge in [-0.2, -0.15) is 33.2 Å². The van der Waals surface area contributed by atoms with Crippen LogP contribution in [0.5, 0.6) is 0 Å². The van der Waals surface area contributed by atoms with E-state index < -0.39 is 12.6 Å². The van der Waals surface area contributed by atoms with Gasteiger partial charge < -0.3 is 10.6 Å². The third kappa shape index (κ3) is 4.58. The fourth-order valence-corrected chi connectivity index (χ4v) is 1.49. The van der Waals surface area contributed by atoms with E-state index in [0.717, 1.165) is 0 Å². The maximum atomic E-state index is 12.1. The Morgan fingerprint density at radius 2 is 1.86 bits per heavy atom. The molecule has 114 valence electrons. The summed E-state index contributed by atoms with van der Waals surface area (Å²) in [4.78, 5) is 12.2. The zero-order valence-electron chi connectivity index (χ0n) is 11.2. The molecule has 21 heavy (non-hydrogen) atoms. The molecule has 0 radical (unpaired) electrons. The van der Waals surface area contributed by atoms with Gasteiger partial charge in [0.15, 0.2) is 0 Å². The van der Waals surface area contributed by atoms with Gasteiger partial charge in [-0.05, 0) is 13.0 Å². The minimum absolute atomic E-state index is 0.0655. The lowest BCUT2D eigenvalue weighted by Crippen LogP contribution is -2.17. The maximum absolute atomic E-state index is 12.1. The number of rotatable bonds is 6. The minimum Gasteiger partial charge on any atom is -0.354 e. The van der Waals surface area contributed by atoms with Crippen LogP contribution in [-0.2, 0) is 0 Å². The molecule has 2 aromatic rings. The van der Waals surface area contributed by atoms with Crippen molar-refractivity contribution in [3.05, 3.63) is 18.5 Å². The lowest BCUT2D eigenvalue weighted by Gasteiger charge is -2.10. The van der Waals surface area contributed by atoms with Gasteiger partial charge in [-0.1, -0.05) is 0 Å². The van der Waals surface area contributed by atoms with E-state index in [0.29, 0.717) is 6.54 Å². The standard InChI is InChI=1S/C11H14F3N7/c1-2-15-8-18-9(16-6-4-11(12,13)14)20-10(19-8)21-7-3-5-17-21/h3,5,7H,2,4,6H2,1H3,(H2,15,16,18,19,20). The summed E-state index contributed by atoms with van der Waals surface area (Å²) < 4.78 is 37.8. The fourth-order valence-electron chi connectivity index (χ4n) is 1.49. The van der Waals surface area contributed by atoms with Crippen LogP contribution in [0.4, 0.5) is 25.1 Å². The Morgan fingerprint density at radius 3 is 2.43 bits per heavy atom. The molecule has 10 heteroatoms. The summed E-state index contributed by atoms with van der Waals surface area (Å²) in [6.45, 7) is 2.12. The van der Waals surface area contributed by atoms with Crippen LogP contribution in [0.3, 0.4) is 0 Å². The number of halogens is 3. The minimum atomic E-state index is -4.23. The van der Waals surface area contributed by atoms with Crippen molar-refractivity contribution in [3.63, 3.8) is 0 Å². The number of aromatic nitrogens is 5.